The standard InChI is InChI=1S/C12H24O2S/c1-2-11-5-3-4-6-12(11)14-8-7-13-9-10-15/h11-12,15H,2-10H2,1H3. The number of hydrogen-bond donors (Lipinski definition) is 1. The van der Waals surface area contributed by atoms with Crippen LogP contribution in [0.4, 0.5) is 0 Å². The Balaban J connectivity index is 2.07. The van der Waals surface area contributed by atoms with Gasteiger partial charge in [0, 0.05) is 5.75 Å². The van der Waals surface area contributed by atoms with E-state index >= 15 is 0 Å². The summed E-state index contributed by atoms with van der Waals surface area (Å²) in [7, 11) is 0. The van der Waals surface area contributed by atoms with Crippen LogP contribution in [0.15, 0.2) is 0 Å². The van der Waals surface area contributed by atoms with Gasteiger partial charge in [0.05, 0.1) is 25.9 Å². The zero-order valence-corrected chi connectivity index (χ0v) is 10.7. The highest BCUT2D eigenvalue weighted by molar-refractivity contribution is 7.80. The second-order valence-electron chi connectivity index (χ2n) is 4.20. The first-order chi connectivity index (χ1) is 7.38. The van der Waals surface area contributed by atoms with Crippen LogP contribution in [0.3, 0.4) is 0 Å². The Morgan fingerprint density at radius 2 is 1.93 bits per heavy atom. The first kappa shape index (κ1) is 13.3. The van der Waals surface area contributed by atoms with Crippen molar-refractivity contribution in [2.45, 2.75) is 45.1 Å². The molecule has 3 heteroatoms. The molecule has 0 amide bonds. The highest BCUT2D eigenvalue weighted by Gasteiger charge is 2.23. The maximum Gasteiger partial charge on any atom is 0.0704 e. The third kappa shape index (κ3) is 5.23. The maximum atomic E-state index is 5.88. The van der Waals surface area contributed by atoms with Crippen molar-refractivity contribution in [3.05, 3.63) is 0 Å². The molecule has 0 saturated heterocycles. The summed E-state index contributed by atoms with van der Waals surface area (Å²) >= 11 is 4.09. The van der Waals surface area contributed by atoms with Gasteiger partial charge in [-0.1, -0.05) is 26.2 Å². The molecule has 0 aromatic rings. The van der Waals surface area contributed by atoms with Crippen LogP contribution in [0.2, 0.25) is 0 Å². The van der Waals surface area contributed by atoms with E-state index in [1.807, 2.05) is 0 Å². The molecule has 2 atom stereocenters. The van der Waals surface area contributed by atoms with Gasteiger partial charge < -0.3 is 9.47 Å². The normalized spacial score (nSPS) is 26.8. The number of hydrogen-bond acceptors (Lipinski definition) is 3. The molecular weight excluding hydrogens is 208 g/mol. The summed E-state index contributed by atoms with van der Waals surface area (Å²) in [6.07, 6.45) is 7.04. The zero-order chi connectivity index (χ0) is 10.9. The number of ether oxygens (including phenoxy) is 2. The molecule has 2 nitrogen and oxygen atoms in total. The molecule has 1 rings (SSSR count). The minimum absolute atomic E-state index is 0.489. The van der Waals surface area contributed by atoms with Gasteiger partial charge in [0.2, 0.25) is 0 Å². The fraction of sp³-hybridized carbons (Fsp3) is 1.00. The monoisotopic (exact) mass is 232 g/mol. The van der Waals surface area contributed by atoms with E-state index in [1.54, 1.807) is 0 Å². The second kappa shape index (κ2) is 8.43. The van der Waals surface area contributed by atoms with Gasteiger partial charge in [-0.3, -0.25) is 0 Å². The van der Waals surface area contributed by atoms with E-state index in [0.29, 0.717) is 12.7 Å². The second-order valence-corrected chi connectivity index (χ2v) is 4.65. The predicted molar refractivity (Wildman–Crippen MR) is 66.7 cm³/mol. The highest BCUT2D eigenvalue weighted by Crippen LogP contribution is 2.28. The van der Waals surface area contributed by atoms with Crippen molar-refractivity contribution in [2.75, 3.05) is 25.6 Å². The molecular formula is C12H24O2S. The number of rotatable bonds is 7. The van der Waals surface area contributed by atoms with Gasteiger partial charge in [0.15, 0.2) is 0 Å². The van der Waals surface area contributed by atoms with Gasteiger partial charge in [-0.2, -0.15) is 12.6 Å². The quantitative estimate of drug-likeness (QED) is 0.537. The van der Waals surface area contributed by atoms with E-state index < -0.39 is 0 Å². The third-order valence-electron chi connectivity index (χ3n) is 3.16. The molecule has 0 aliphatic heterocycles. The summed E-state index contributed by atoms with van der Waals surface area (Å²) in [6, 6.07) is 0. The molecule has 1 saturated carbocycles. The fourth-order valence-corrected chi connectivity index (χ4v) is 2.41. The molecule has 0 aromatic carbocycles. The highest BCUT2D eigenvalue weighted by atomic mass is 32.1. The topological polar surface area (TPSA) is 18.5 Å². The summed E-state index contributed by atoms with van der Waals surface area (Å²) in [6.45, 7) is 4.46. The smallest absolute Gasteiger partial charge is 0.0704 e. The van der Waals surface area contributed by atoms with Crippen LogP contribution < -0.4 is 0 Å². The van der Waals surface area contributed by atoms with Crippen LogP contribution in [-0.2, 0) is 9.47 Å². The van der Waals surface area contributed by atoms with Crippen molar-refractivity contribution in [1.29, 1.82) is 0 Å². The number of thiol groups is 1. The van der Waals surface area contributed by atoms with E-state index in [0.717, 1.165) is 24.9 Å². The maximum absolute atomic E-state index is 5.88. The third-order valence-corrected chi connectivity index (χ3v) is 3.34. The molecule has 0 N–H and O–H groups in total. The van der Waals surface area contributed by atoms with Crippen molar-refractivity contribution in [1.82, 2.24) is 0 Å². The lowest BCUT2D eigenvalue weighted by Crippen LogP contribution is -2.28. The molecule has 0 heterocycles. The summed E-state index contributed by atoms with van der Waals surface area (Å²) < 4.78 is 11.2. The lowest BCUT2D eigenvalue weighted by Gasteiger charge is -2.30. The Bertz CT molecular complexity index is 153. The summed E-state index contributed by atoms with van der Waals surface area (Å²) in [5.74, 6) is 1.57. The molecule has 2 unspecified atom stereocenters. The van der Waals surface area contributed by atoms with E-state index in [-0.39, 0.29) is 0 Å². The molecule has 1 fully saturated rings. The molecule has 0 bridgehead atoms. The predicted octanol–water partition coefficient (Wildman–Crippen LogP) is 2.92. The summed E-state index contributed by atoms with van der Waals surface area (Å²) in [5, 5.41) is 0. The lowest BCUT2D eigenvalue weighted by molar-refractivity contribution is -0.0366. The largest absolute Gasteiger partial charge is 0.378 e. The van der Waals surface area contributed by atoms with Crippen molar-refractivity contribution in [3.63, 3.8) is 0 Å². The summed E-state index contributed by atoms with van der Waals surface area (Å²) in [5.41, 5.74) is 0. The van der Waals surface area contributed by atoms with Crippen LogP contribution in [0.25, 0.3) is 0 Å². The Morgan fingerprint density at radius 1 is 1.13 bits per heavy atom. The van der Waals surface area contributed by atoms with Gasteiger partial charge in [-0.05, 0) is 18.8 Å². The van der Waals surface area contributed by atoms with Gasteiger partial charge in [0.1, 0.15) is 0 Å². The minimum Gasteiger partial charge on any atom is -0.378 e. The van der Waals surface area contributed by atoms with Crippen molar-refractivity contribution in [3.8, 4) is 0 Å². The van der Waals surface area contributed by atoms with Gasteiger partial charge in [-0.15, -0.1) is 0 Å². The van der Waals surface area contributed by atoms with E-state index in [2.05, 4.69) is 19.6 Å². The molecule has 90 valence electrons. The molecule has 0 spiro atoms. The van der Waals surface area contributed by atoms with Crippen LogP contribution >= 0.6 is 12.6 Å². The van der Waals surface area contributed by atoms with Crippen LogP contribution in [-0.4, -0.2) is 31.7 Å². The van der Waals surface area contributed by atoms with Crippen molar-refractivity contribution in [2.24, 2.45) is 5.92 Å². The van der Waals surface area contributed by atoms with Crippen LogP contribution in [0.1, 0.15) is 39.0 Å². The minimum atomic E-state index is 0.489. The zero-order valence-electron chi connectivity index (χ0n) is 9.78. The van der Waals surface area contributed by atoms with E-state index in [9.17, 15) is 0 Å². The van der Waals surface area contributed by atoms with E-state index in [1.165, 1.54) is 32.1 Å². The lowest BCUT2D eigenvalue weighted by atomic mass is 9.85. The SMILES string of the molecule is CCC1CCCCC1OCCOCCS. The average Bonchev–Trinajstić information content (AvgIpc) is 2.29. The first-order valence-corrected chi connectivity index (χ1v) is 6.82. The molecule has 0 radical (unpaired) electrons. The molecule has 1 aliphatic rings. The van der Waals surface area contributed by atoms with Crippen molar-refractivity contribution < 1.29 is 9.47 Å². The Hall–Kier alpha value is 0.270. The van der Waals surface area contributed by atoms with Crippen LogP contribution in [0.5, 0.6) is 0 Å². The average molecular weight is 232 g/mol. The van der Waals surface area contributed by atoms with Crippen molar-refractivity contribution >= 4 is 12.6 Å². The Kier molecular flexibility index (Phi) is 7.49. The first-order valence-electron chi connectivity index (χ1n) is 6.18. The van der Waals surface area contributed by atoms with Gasteiger partial charge in [0.25, 0.3) is 0 Å². The summed E-state index contributed by atoms with van der Waals surface area (Å²) in [4.78, 5) is 0. The molecule has 15 heavy (non-hydrogen) atoms. The fourth-order valence-electron chi connectivity index (χ4n) is 2.29. The Morgan fingerprint density at radius 3 is 2.67 bits per heavy atom. The Labute approximate surface area is 99.1 Å². The van der Waals surface area contributed by atoms with Crippen LogP contribution in [0, 0.1) is 5.92 Å². The van der Waals surface area contributed by atoms with Gasteiger partial charge in [-0.25, -0.2) is 0 Å². The van der Waals surface area contributed by atoms with E-state index in [4.69, 9.17) is 9.47 Å². The van der Waals surface area contributed by atoms with Gasteiger partial charge >= 0.3 is 0 Å². The molecule has 1 aliphatic carbocycles. The molecule has 0 aromatic heterocycles.